The molecule has 25 heavy (non-hydrogen) atoms. The van der Waals surface area contributed by atoms with E-state index in [9.17, 15) is 13.0 Å². The highest BCUT2D eigenvalue weighted by Gasteiger charge is 2.16. The molecule has 0 amide bonds. The van der Waals surface area contributed by atoms with E-state index in [0.29, 0.717) is 6.61 Å². The van der Waals surface area contributed by atoms with Gasteiger partial charge in [-0.2, -0.15) is 0 Å². The molecular weight excluding hydrogens is 412 g/mol. The largest absolute Gasteiger partial charge is 0.726 e. The summed E-state index contributed by atoms with van der Waals surface area (Å²) in [5.74, 6) is 0. The molecule has 0 radical (unpaired) electrons. The van der Waals surface area contributed by atoms with E-state index in [4.69, 9.17) is 4.84 Å². The number of hydrogen-bond acceptors (Lipinski definition) is 6. The predicted molar refractivity (Wildman–Crippen MR) is 95.6 cm³/mol. The fourth-order valence-corrected chi connectivity index (χ4v) is 2.85. The van der Waals surface area contributed by atoms with Crippen LogP contribution in [0.2, 0.25) is 0 Å². The van der Waals surface area contributed by atoms with Crippen LogP contribution in [0, 0.1) is 0 Å². The third-order valence-corrected chi connectivity index (χ3v) is 4.09. The first-order valence-electron chi connectivity index (χ1n) is 7.49. The molecule has 0 bridgehead atoms. The van der Waals surface area contributed by atoms with E-state index in [1.165, 1.54) is 6.92 Å². The Morgan fingerprint density at radius 3 is 2.44 bits per heavy atom. The third kappa shape index (κ3) is 5.33. The minimum absolute atomic E-state index is 0.0914. The lowest BCUT2D eigenvalue weighted by molar-refractivity contribution is -0.913. The van der Waals surface area contributed by atoms with Crippen molar-refractivity contribution in [1.82, 2.24) is 5.10 Å². The predicted octanol–water partition coefficient (Wildman–Crippen LogP) is 2.37. The molecule has 0 fully saturated rings. The highest BCUT2D eigenvalue weighted by Crippen LogP contribution is 2.23. The molecule has 0 unspecified atom stereocenters. The number of halogens is 1. The van der Waals surface area contributed by atoms with Gasteiger partial charge in [-0.3, -0.25) is 4.18 Å². The Labute approximate surface area is 154 Å². The molecule has 1 heterocycles. The zero-order chi connectivity index (χ0) is 18.4. The highest BCUT2D eigenvalue weighted by molar-refractivity contribution is 9.10. The third-order valence-electron chi connectivity index (χ3n) is 3.07. The maximum Gasteiger partial charge on any atom is 0.297 e. The molecule has 0 saturated heterocycles. The van der Waals surface area contributed by atoms with Crippen molar-refractivity contribution in [1.29, 1.82) is 0 Å². The van der Waals surface area contributed by atoms with Gasteiger partial charge in [-0.1, -0.05) is 34.1 Å². The zero-order valence-corrected chi connectivity index (χ0v) is 16.1. The second kappa shape index (κ2) is 8.52. The summed E-state index contributed by atoms with van der Waals surface area (Å²) >= 11 is 3.51. The SMILES string of the molecule is CCOS(=O)(=O)[O-].CCO[n+]1nc2ccccc2c2cc(Br)ccc21. The standard InChI is InChI=1S/C14H12BrN2O.C2H6O4S/c1-2-18-17-14-8-7-10(15)9-12(14)11-5-3-4-6-13(11)16-17;1-2-6-7(3,4)5/h3-9H,2H2,1H3;2H2,1H3,(H,3,4,5)/q+1;/p-1. The van der Waals surface area contributed by atoms with Gasteiger partial charge in [0.2, 0.25) is 10.4 Å². The fraction of sp³-hybridized carbons (Fsp3) is 0.250. The summed E-state index contributed by atoms with van der Waals surface area (Å²) in [5.41, 5.74) is 1.90. The van der Waals surface area contributed by atoms with Crippen LogP contribution in [0.1, 0.15) is 13.8 Å². The van der Waals surface area contributed by atoms with E-state index < -0.39 is 10.4 Å². The van der Waals surface area contributed by atoms with Gasteiger partial charge in [-0.05, 0) is 32.0 Å². The molecule has 0 saturated carbocycles. The van der Waals surface area contributed by atoms with Crippen LogP contribution in [0.15, 0.2) is 46.9 Å². The molecular formula is C16H17BrN2O5S. The summed E-state index contributed by atoms with van der Waals surface area (Å²) in [5, 5.41) is 6.76. The van der Waals surface area contributed by atoms with E-state index in [-0.39, 0.29) is 6.61 Å². The lowest BCUT2D eigenvalue weighted by Gasteiger charge is -2.02. The van der Waals surface area contributed by atoms with Crippen LogP contribution in [0.25, 0.3) is 21.8 Å². The second-order valence-electron chi connectivity index (χ2n) is 4.78. The van der Waals surface area contributed by atoms with Crippen LogP contribution < -0.4 is 9.68 Å². The summed E-state index contributed by atoms with van der Waals surface area (Å²) < 4.78 is 33.1. The normalized spacial score (nSPS) is 11.2. The molecule has 0 aliphatic heterocycles. The molecule has 7 nitrogen and oxygen atoms in total. The van der Waals surface area contributed by atoms with Gasteiger partial charge >= 0.3 is 0 Å². The molecule has 0 atom stereocenters. The van der Waals surface area contributed by atoms with Crippen molar-refractivity contribution in [3.05, 3.63) is 46.9 Å². The fourth-order valence-electron chi connectivity index (χ4n) is 2.20. The Morgan fingerprint density at radius 2 is 1.84 bits per heavy atom. The number of fused-ring (bicyclic) bond motifs is 3. The van der Waals surface area contributed by atoms with Gasteiger partial charge < -0.3 is 4.55 Å². The van der Waals surface area contributed by atoms with Crippen molar-refractivity contribution in [3.63, 3.8) is 0 Å². The minimum Gasteiger partial charge on any atom is -0.726 e. The van der Waals surface area contributed by atoms with Crippen LogP contribution in [-0.2, 0) is 14.6 Å². The first-order valence-corrected chi connectivity index (χ1v) is 9.62. The van der Waals surface area contributed by atoms with Gasteiger partial charge in [-0.25, -0.2) is 13.3 Å². The average Bonchev–Trinajstić information content (AvgIpc) is 2.54. The minimum atomic E-state index is -4.42. The van der Waals surface area contributed by atoms with E-state index in [1.807, 2.05) is 37.3 Å². The van der Waals surface area contributed by atoms with E-state index in [2.05, 4.69) is 37.3 Å². The summed E-state index contributed by atoms with van der Waals surface area (Å²) in [6.45, 7) is 3.87. The molecule has 9 heteroatoms. The van der Waals surface area contributed by atoms with Gasteiger partial charge in [0.05, 0.1) is 17.1 Å². The zero-order valence-electron chi connectivity index (χ0n) is 13.7. The molecule has 134 valence electrons. The smallest absolute Gasteiger partial charge is 0.297 e. The van der Waals surface area contributed by atoms with Gasteiger partial charge in [0.1, 0.15) is 10.4 Å². The van der Waals surface area contributed by atoms with Crippen molar-refractivity contribution in [3.8, 4) is 0 Å². The van der Waals surface area contributed by atoms with Crippen molar-refractivity contribution >= 4 is 48.1 Å². The average molecular weight is 429 g/mol. The van der Waals surface area contributed by atoms with Gasteiger partial charge in [-0.15, -0.1) is 0 Å². The Kier molecular flexibility index (Phi) is 6.65. The topological polar surface area (TPSA) is 92.4 Å². The summed E-state index contributed by atoms with van der Waals surface area (Å²) in [6.07, 6.45) is 0. The molecule has 0 spiro atoms. The van der Waals surface area contributed by atoms with Crippen molar-refractivity contribution in [2.24, 2.45) is 0 Å². The van der Waals surface area contributed by atoms with Crippen molar-refractivity contribution in [2.45, 2.75) is 13.8 Å². The lowest BCUT2D eigenvalue weighted by Crippen LogP contribution is -2.46. The van der Waals surface area contributed by atoms with E-state index >= 15 is 0 Å². The summed E-state index contributed by atoms with van der Waals surface area (Å²) in [7, 11) is -4.42. The van der Waals surface area contributed by atoms with Crippen LogP contribution in [0.4, 0.5) is 0 Å². The Bertz CT molecular complexity index is 979. The Balaban J connectivity index is 0.000000277. The molecule has 1 aromatic heterocycles. The monoisotopic (exact) mass is 428 g/mol. The number of benzene rings is 2. The number of aromatic nitrogens is 2. The number of hydrogen-bond donors (Lipinski definition) is 0. The maximum absolute atomic E-state index is 9.45. The van der Waals surface area contributed by atoms with Crippen LogP contribution in [0.3, 0.4) is 0 Å². The van der Waals surface area contributed by atoms with E-state index in [0.717, 1.165) is 26.3 Å². The van der Waals surface area contributed by atoms with Crippen LogP contribution >= 0.6 is 15.9 Å². The van der Waals surface area contributed by atoms with Crippen molar-refractivity contribution < 1.29 is 26.8 Å². The summed E-state index contributed by atoms with van der Waals surface area (Å²) in [6, 6.07) is 14.2. The van der Waals surface area contributed by atoms with Gasteiger partial charge in [0.15, 0.2) is 6.61 Å². The molecule has 0 aliphatic carbocycles. The van der Waals surface area contributed by atoms with Crippen molar-refractivity contribution in [2.75, 3.05) is 13.2 Å². The number of nitrogens with zero attached hydrogens (tertiary/aromatic N) is 2. The molecule has 2 aromatic carbocycles. The maximum atomic E-state index is 9.45. The Hall–Kier alpha value is -1.81. The first kappa shape index (κ1) is 19.5. The molecule has 3 aromatic rings. The van der Waals surface area contributed by atoms with E-state index in [1.54, 1.807) is 4.85 Å². The van der Waals surface area contributed by atoms with Gasteiger partial charge in [0, 0.05) is 15.9 Å². The summed E-state index contributed by atoms with van der Waals surface area (Å²) in [4.78, 5) is 7.16. The molecule has 0 aliphatic rings. The second-order valence-corrected chi connectivity index (χ2v) is 6.75. The first-order chi connectivity index (χ1) is 11.9. The number of rotatable bonds is 4. The molecule has 0 N–H and O–H groups in total. The lowest BCUT2D eigenvalue weighted by atomic mass is 10.1. The quantitative estimate of drug-likeness (QED) is 0.274. The molecule has 3 rings (SSSR count). The van der Waals surface area contributed by atoms with Gasteiger partial charge in [0.25, 0.3) is 5.52 Å². The van der Waals surface area contributed by atoms with Crippen LogP contribution in [0.5, 0.6) is 0 Å². The highest BCUT2D eigenvalue weighted by atomic mass is 79.9. The Morgan fingerprint density at radius 1 is 1.12 bits per heavy atom. The van der Waals surface area contributed by atoms with Crippen LogP contribution in [-0.4, -0.2) is 31.3 Å².